The van der Waals surface area contributed by atoms with Gasteiger partial charge in [0.25, 0.3) is 0 Å². The van der Waals surface area contributed by atoms with Crippen LogP contribution in [0.25, 0.3) is 0 Å². The number of ether oxygens (including phenoxy) is 1. The summed E-state index contributed by atoms with van der Waals surface area (Å²) < 4.78 is 6.38. The Morgan fingerprint density at radius 2 is 2.09 bits per heavy atom. The first-order valence-corrected chi connectivity index (χ1v) is 8.71. The van der Waals surface area contributed by atoms with E-state index in [1.54, 1.807) is 18.4 Å². The Morgan fingerprint density at radius 3 is 2.74 bits per heavy atom. The molecule has 2 N–H and O–H groups in total. The minimum atomic E-state index is 0. The van der Waals surface area contributed by atoms with Crippen molar-refractivity contribution in [1.82, 2.24) is 10.6 Å². The summed E-state index contributed by atoms with van der Waals surface area (Å²) in [6.45, 7) is 4.27. The molecule has 23 heavy (non-hydrogen) atoms. The van der Waals surface area contributed by atoms with E-state index in [1.807, 2.05) is 24.3 Å². The van der Waals surface area contributed by atoms with Crippen molar-refractivity contribution >= 4 is 57.2 Å². The first kappa shape index (κ1) is 20.2. The highest BCUT2D eigenvalue weighted by Crippen LogP contribution is 2.21. The van der Waals surface area contributed by atoms with E-state index in [0.29, 0.717) is 6.54 Å². The first-order valence-electron chi connectivity index (χ1n) is 7.10. The van der Waals surface area contributed by atoms with E-state index in [0.717, 1.165) is 34.1 Å². The van der Waals surface area contributed by atoms with Crippen LogP contribution >= 0.6 is 51.2 Å². The summed E-state index contributed by atoms with van der Waals surface area (Å²) >= 11 is 5.20. The number of hydrogen-bond donors (Lipinski definition) is 2. The van der Waals surface area contributed by atoms with Gasteiger partial charge in [0.05, 0.1) is 24.0 Å². The number of nitrogens with one attached hydrogen (secondary N) is 2. The second-order valence-electron chi connectivity index (χ2n) is 4.61. The van der Waals surface area contributed by atoms with Gasteiger partial charge in [-0.25, -0.2) is 4.99 Å². The van der Waals surface area contributed by atoms with Crippen molar-refractivity contribution in [3.8, 4) is 5.75 Å². The molecule has 0 amide bonds. The first-order chi connectivity index (χ1) is 10.7. The van der Waals surface area contributed by atoms with Gasteiger partial charge < -0.3 is 15.4 Å². The predicted molar refractivity (Wildman–Crippen MR) is 112 cm³/mol. The van der Waals surface area contributed by atoms with Crippen molar-refractivity contribution in [3.63, 3.8) is 0 Å². The van der Waals surface area contributed by atoms with Gasteiger partial charge in [0.1, 0.15) is 5.75 Å². The highest BCUT2D eigenvalue weighted by molar-refractivity contribution is 14.0. The van der Waals surface area contributed by atoms with E-state index < -0.39 is 0 Å². The molecule has 0 spiro atoms. The van der Waals surface area contributed by atoms with Gasteiger partial charge in [0.2, 0.25) is 0 Å². The number of halogens is 2. The molecule has 7 heteroatoms. The van der Waals surface area contributed by atoms with Gasteiger partial charge in [-0.3, -0.25) is 0 Å². The van der Waals surface area contributed by atoms with Gasteiger partial charge in [0.15, 0.2) is 5.96 Å². The number of aliphatic imine (C=N–C) groups is 1. The van der Waals surface area contributed by atoms with Crippen molar-refractivity contribution < 1.29 is 4.74 Å². The van der Waals surface area contributed by atoms with Gasteiger partial charge in [-0.05, 0) is 52.7 Å². The largest absolute Gasteiger partial charge is 0.497 e. The summed E-state index contributed by atoms with van der Waals surface area (Å²) in [4.78, 5) is 5.88. The van der Waals surface area contributed by atoms with E-state index >= 15 is 0 Å². The summed E-state index contributed by atoms with van der Waals surface area (Å²) in [5.74, 6) is 1.67. The summed E-state index contributed by atoms with van der Waals surface area (Å²) in [6, 6.07) is 12.1. The zero-order valence-electron chi connectivity index (χ0n) is 13.1. The van der Waals surface area contributed by atoms with E-state index in [-0.39, 0.29) is 24.0 Å². The Hall–Kier alpha value is -0.800. The molecule has 2 aromatic rings. The molecule has 0 aliphatic heterocycles. The molecule has 0 saturated carbocycles. The minimum Gasteiger partial charge on any atom is -0.497 e. The summed E-state index contributed by atoms with van der Waals surface area (Å²) in [6.07, 6.45) is 0. The fraction of sp³-hybridized carbons (Fsp3) is 0.312. The van der Waals surface area contributed by atoms with Crippen LogP contribution in [0.3, 0.4) is 0 Å². The standard InChI is InChI=1S/C16H20BrN3OS.HI/c1-3-18-16(20-11-14-7-8-15(17)22-14)19-10-12-5-4-6-13(9-12)21-2;/h4-9H,3,10-11H2,1-2H3,(H2,18,19,20);1H. The maximum atomic E-state index is 5.23. The molecule has 0 fully saturated rings. The maximum Gasteiger partial charge on any atom is 0.191 e. The Labute approximate surface area is 166 Å². The van der Waals surface area contributed by atoms with Crippen LogP contribution < -0.4 is 15.4 Å². The number of rotatable bonds is 6. The second kappa shape index (κ2) is 10.9. The fourth-order valence-electron chi connectivity index (χ4n) is 1.90. The molecule has 0 bridgehead atoms. The summed E-state index contributed by atoms with van der Waals surface area (Å²) in [5.41, 5.74) is 1.12. The van der Waals surface area contributed by atoms with Crippen LogP contribution in [0.2, 0.25) is 0 Å². The summed E-state index contributed by atoms with van der Waals surface area (Å²) in [5, 5.41) is 6.61. The topological polar surface area (TPSA) is 45.7 Å². The predicted octanol–water partition coefficient (Wildman–Crippen LogP) is 4.39. The summed E-state index contributed by atoms with van der Waals surface area (Å²) in [7, 11) is 1.67. The number of benzene rings is 1. The molecule has 0 unspecified atom stereocenters. The maximum absolute atomic E-state index is 5.23. The van der Waals surface area contributed by atoms with Gasteiger partial charge in [0, 0.05) is 11.4 Å². The molecule has 1 aromatic carbocycles. The Morgan fingerprint density at radius 1 is 1.26 bits per heavy atom. The van der Waals surface area contributed by atoms with Crippen molar-refractivity contribution in [3.05, 3.63) is 50.6 Å². The van der Waals surface area contributed by atoms with Crippen LogP contribution in [0.4, 0.5) is 0 Å². The quantitative estimate of drug-likeness (QED) is 0.345. The zero-order chi connectivity index (χ0) is 15.8. The lowest BCUT2D eigenvalue weighted by Gasteiger charge is -2.10. The second-order valence-corrected chi connectivity index (χ2v) is 7.15. The van der Waals surface area contributed by atoms with Crippen LogP contribution in [-0.4, -0.2) is 19.6 Å². The monoisotopic (exact) mass is 509 g/mol. The lowest BCUT2D eigenvalue weighted by molar-refractivity contribution is 0.414. The smallest absolute Gasteiger partial charge is 0.191 e. The number of guanidine groups is 1. The third-order valence-electron chi connectivity index (χ3n) is 2.96. The molecule has 1 heterocycles. The molecular weight excluding hydrogens is 489 g/mol. The highest BCUT2D eigenvalue weighted by Gasteiger charge is 2.01. The van der Waals surface area contributed by atoms with Gasteiger partial charge in [-0.15, -0.1) is 35.3 Å². The lowest BCUT2D eigenvalue weighted by atomic mass is 10.2. The molecule has 4 nitrogen and oxygen atoms in total. The van der Waals surface area contributed by atoms with Crippen LogP contribution in [0.5, 0.6) is 5.75 Å². The third-order valence-corrected chi connectivity index (χ3v) is 4.58. The number of methoxy groups -OCH3 is 1. The van der Waals surface area contributed by atoms with Gasteiger partial charge in [-0.2, -0.15) is 0 Å². The van der Waals surface area contributed by atoms with Gasteiger partial charge >= 0.3 is 0 Å². The average molecular weight is 510 g/mol. The Bertz CT molecular complexity index is 633. The van der Waals surface area contributed by atoms with Crippen LogP contribution in [0.1, 0.15) is 17.4 Å². The third kappa shape index (κ3) is 7.09. The number of thiophene rings is 1. The van der Waals surface area contributed by atoms with Crippen LogP contribution in [0, 0.1) is 0 Å². The molecule has 2 rings (SSSR count). The van der Waals surface area contributed by atoms with E-state index in [4.69, 9.17) is 4.74 Å². The zero-order valence-corrected chi connectivity index (χ0v) is 17.9. The Kier molecular flexibility index (Phi) is 9.57. The van der Waals surface area contributed by atoms with Gasteiger partial charge in [-0.1, -0.05) is 12.1 Å². The fourth-order valence-corrected chi connectivity index (χ4v) is 3.32. The van der Waals surface area contributed by atoms with Crippen LogP contribution in [-0.2, 0) is 13.1 Å². The molecule has 0 aliphatic carbocycles. The number of nitrogens with zero attached hydrogens (tertiary/aromatic N) is 1. The minimum absolute atomic E-state index is 0. The SMILES string of the molecule is CCNC(=NCc1cccc(OC)c1)NCc1ccc(Br)s1.I. The van der Waals surface area contributed by atoms with Crippen molar-refractivity contribution in [2.45, 2.75) is 20.0 Å². The Balaban J connectivity index is 0.00000264. The molecular formula is C16H21BrIN3OS. The van der Waals surface area contributed by atoms with E-state index in [2.05, 4.69) is 50.6 Å². The van der Waals surface area contributed by atoms with Crippen molar-refractivity contribution in [2.24, 2.45) is 4.99 Å². The molecule has 0 radical (unpaired) electrons. The lowest BCUT2D eigenvalue weighted by Crippen LogP contribution is -2.36. The highest BCUT2D eigenvalue weighted by atomic mass is 127. The molecule has 0 saturated heterocycles. The van der Waals surface area contributed by atoms with Crippen molar-refractivity contribution in [2.75, 3.05) is 13.7 Å². The van der Waals surface area contributed by atoms with Crippen molar-refractivity contribution in [1.29, 1.82) is 0 Å². The molecule has 126 valence electrons. The van der Waals surface area contributed by atoms with E-state index in [1.165, 1.54) is 4.88 Å². The molecule has 1 aromatic heterocycles. The number of hydrogen-bond acceptors (Lipinski definition) is 3. The molecule has 0 aliphatic rings. The van der Waals surface area contributed by atoms with E-state index in [9.17, 15) is 0 Å². The van der Waals surface area contributed by atoms with Crippen LogP contribution in [0.15, 0.2) is 45.2 Å². The average Bonchev–Trinajstić information content (AvgIpc) is 2.96. The molecule has 0 atom stereocenters. The normalized spacial score (nSPS) is 10.8.